The Morgan fingerprint density at radius 3 is 2.59 bits per heavy atom. The smallest absolute Gasteiger partial charge is 0.274 e. The summed E-state index contributed by atoms with van der Waals surface area (Å²) in [6.07, 6.45) is 0. The van der Waals surface area contributed by atoms with Crippen LogP contribution in [0.1, 0.15) is 15.4 Å². The minimum absolute atomic E-state index is 0.130. The summed E-state index contributed by atoms with van der Waals surface area (Å²) in [4.78, 5) is 28.7. The second kappa shape index (κ2) is 6.72. The van der Waals surface area contributed by atoms with Crippen LogP contribution in [0.25, 0.3) is 0 Å². The Hall–Kier alpha value is -1.51. The molecule has 3 heterocycles. The van der Waals surface area contributed by atoms with Crippen molar-refractivity contribution in [1.29, 1.82) is 0 Å². The Kier molecular flexibility index (Phi) is 4.70. The number of aromatic amines is 1. The average Bonchev–Trinajstić information content (AvgIpc) is 2.93. The molecule has 2 aromatic heterocycles. The number of hydrogen-bond donors (Lipinski definition) is 1. The van der Waals surface area contributed by atoms with Crippen molar-refractivity contribution >= 4 is 33.2 Å². The molecular weight excluding hydrogens is 368 g/mol. The second-order valence-corrected chi connectivity index (χ2v) is 7.63. The van der Waals surface area contributed by atoms with Crippen molar-refractivity contribution in [2.75, 3.05) is 26.2 Å². The number of carbonyl (C=O) groups excluding carboxylic acids is 1. The normalized spacial score (nSPS) is 16.0. The van der Waals surface area contributed by atoms with E-state index < -0.39 is 0 Å². The van der Waals surface area contributed by atoms with E-state index >= 15 is 0 Å². The number of carbonyl (C=O) groups is 1. The standard InChI is InChI=1S/C14H15BrN4O2S/c15-12-3-1-10(22-12)9-18-5-7-19(8-6-18)14(21)11-2-4-13(20)17-16-11/h1-4H,5-9H2,(H,17,20). The van der Waals surface area contributed by atoms with E-state index in [-0.39, 0.29) is 17.2 Å². The molecule has 0 bridgehead atoms. The predicted molar refractivity (Wildman–Crippen MR) is 88.1 cm³/mol. The van der Waals surface area contributed by atoms with Gasteiger partial charge in [0.25, 0.3) is 11.5 Å². The van der Waals surface area contributed by atoms with Gasteiger partial charge in [-0.05, 0) is 34.1 Å². The van der Waals surface area contributed by atoms with Gasteiger partial charge in [-0.3, -0.25) is 14.5 Å². The van der Waals surface area contributed by atoms with Crippen LogP contribution in [-0.4, -0.2) is 52.1 Å². The Morgan fingerprint density at radius 2 is 2.00 bits per heavy atom. The third kappa shape index (κ3) is 3.63. The molecule has 8 heteroatoms. The Bertz CT molecular complexity index is 701. The first kappa shape index (κ1) is 15.4. The summed E-state index contributed by atoms with van der Waals surface area (Å²) >= 11 is 5.21. The van der Waals surface area contributed by atoms with Gasteiger partial charge >= 0.3 is 0 Å². The zero-order chi connectivity index (χ0) is 15.5. The van der Waals surface area contributed by atoms with Gasteiger partial charge in [0.15, 0.2) is 0 Å². The number of aromatic nitrogens is 2. The first-order chi connectivity index (χ1) is 10.6. The monoisotopic (exact) mass is 382 g/mol. The van der Waals surface area contributed by atoms with E-state index in [9.17, 15) is 9.59 Å². The summed E-state index contributed by atoms with van der Waals surface area (Å²) in [5.74, 6) is -0.130. The zero-order valence-electron chi connectivity index (χ0n) is 11.8. The highest BCUT2D eigenvalue weighted by Crippen LogP contribution is 2.23. The van der Waals surface area contributed by atoms with Gasteiger partial charge < -0.3 is 4.90 Å². The van der Waals surface area contributed by atoms with Gasteiger partial charge in [0, 0.05) is 43.7 Å². The summed E-state index contributed by atoms with van der Waals surface area (Å²) in [5.41, 5.74) is -0.0151. The topological polar surface area (TPSA) is 69.3 Å². The number of piperazine rings is 1. The maximum Gasteiger partial charge on any atom is 0.274 e. The highest BCUT2D eigenvalue weighted by molar-refractivity contribution is 9.11. The zero-order valence-corrected chi connectivity index (χ0v) is 14.2. The molecule has 0 saturated carbocycles. The molecular formula is C14H15BrN4O2S. The van der Waals surface area contributed by atoms with Crippen molar-refractivity contribution in [1.82, 2.24) is 20.0 Å². The molecule has 1 aliphatic rings. The van der Waals surface area contributed by atoms with Gasteiger partial charge in [0.05, 0.1) is 3.79 Å². The SMILES string of the molecule is O=C(c1ccc(=O)[nH]n1)N1CCN(Cc2ccc(Br)s2)CC1. The molecule has 22 heavy (non-hydrogen) atoms. The number of nitrogens with one attached hydrogen (secondary N) is 1. The van der Waals surface area contributed by atoms with E-state index in [1.54, 1.807) is 16.2 Å². The highest BCUT2D eigenvalue weighted by Gasteiger charge is 2.23. The number of halogens is 1. The fourth-order valence-electron chi connectivity index (χ4n) is 2.39. The fraction of sp³-hybridized carbons (Fsp3) is 0.357. The number of thiophene rings is 1. The van der Waals surface area contributed by atoms with Gasteiger partial charge in [-0.25, -0.2) is 5.10 Å². The van der Waals surface area contributed by atoms with E-state index in [4.69, 9.17) is 0 Å². The van der Waals surface area contributed by atoms with Gasteiger partial charge in [0.2, 0.25) is 0 Å². The molecule has 0 aromatic carbocycles. The van der Waals surface area contributed by atoms with Crippen molar-refractivity contribution in [3.8, 4) is 0 Å². The van der Waals surface area contributed by atoms with Crippen LogP contribution >= 0.6 is 27.3 Å². The summed E-state index contributed by atoms with van der Waals surface area (Å²) in [6.45, 7) is 3.93. The van der Waals surface area contributed by atoms with Crippen LogP contribution < -0.4 is 5.56 Å². The Balaban J connectivity index is 1.56. The summed E-state index contributed by atoms with van der Waals surface area (Å²) in [7, 11) is 0. The van der Waals surface area contributed by atoms with Crippen molar-refractivity contribution in [2.45, 2.75) is 6.54 Å². The molecule has 0 unspecified atom stereocenters. The lowest BCUT2D eigenvalue weighted by molar-refractivity contribution is 0.0622. The Labute approximate surface area is 139 Å². The fourth-order valence-corrected chi connectivity index (χ4v) is 3.92. The maximum atomic E-state index is 12.3. The van der Waals surface area contributed by atoms with Crippen LogP contribution in [-0.2, 0) is 6.54 Å². The van der Waals surface area contributed by atoms with Crippen molar-refractivity contribution < 1.29 is 4.79 Å². The van der Waals surface area contributed by atoms with E-state index in [0.717, 1.165) is 23.4 Å². The minimum Gasteiger partial charge on any atom is -0.335 e. The lowest BCUT2D eigenvalue weighted by Gasteiger charge is -2.34. The Morgan fingerprint density at radius 1 is 1.23 bits per heavy atom. The largest absolute Gasteiger partial charge is 0.335 e. The van der Waals surface area contributed by atoms with Crippen LogP contribution in [0.5, 0.6) is 0 Å². The van der Waals surface area contributed by atoms with Gasteiger partial charge in [0.1, 0.15) is 5.69 Å². The lowest BCUT2D eigenvalue weighted by atomic mass is 10.2. The molecule has 1 aliphatic heterocycles. The quantitative estimate of drug-likeness (QED) is 0.874. The minimum atomic E-state index is -0.302. The van der Waals surface area contributed by atoms with Crippen LogP contribution in [0, 0.1) is 0 Å². The average molecular weight is 383 g/mol. The van der Waals surface area contributed by atoms with E-state index in [0.29, 0.717) is 13.1 Å². The summed E-state index contributed by atoms with van der Waals surface area (Å²) in [6, 6.07) is 6.97. The number of hydrogen-bond acceptors (Lipinski definition) is 5. The molecule has 0 radical (unpaired) electrons. The second-order valence-electron chi connectivity index (χ2n) is 5.08. The van der Waals surface area contributed by atoms with Gasteiger partial charge in [-0.2, -0.15) is 5.10 Å². The van der Waals surface area contributed by atoms with Crippen LogP contribution in [0.2, 0.25) is 0 Å². The molecule has 6 nitrogen and oxygen atoms in total. The number of amides is 1. The summed E-state index contributed by atoms with van der Waals surface area (Å²) in [5, 5.41) is 6.09. The first-order valence-corrected chi connectivity index (χ1v) is 8.54. The molecule has 1 amide bonds. The molecule has 0 atom stereocenters. The van der Waals surface area contributed by atoms with Crippen molar-refractivity contribution in [3.05, 3.63) is 49.0 Å². The van der Waals surface area contributed by atoms with Crippen molar-refractivity contribution in [2.24, 2.45) is 0 Å². The lowest BCUT2D eigenvalue weighted by Crippen LogP contribution is -2.48. The molecule has 3 rings (SSSR count). The van der Waals surface area contributed by atoms with Gasteiger partial charge in [-0.15, -0.1) is 11.3 Å². The first-order valence-electron chi connectivity index (χ1n) is 6.93. The molecule has 0 aliphatic carbocycles. The third-order valence-electron chi connectivity index (χ3n) is 3.57. The maximum absolute atomic E-state index is 12.3. The molecule has 1 saturated heterocycles. The molecule has 1 fully saturated rings. The number of rotatable bonds is 3. The summed E-state index contributed by atoms with van der Waals surface area (Å²) < 4.78 is 1.14. The highest BCUT2D eigenvalue weighted by atomic mass is 79.9. The van der Waals surface area contributed by atoms with Crippen molar-refractivity contribution in [3.63, 3.8) is 0 Å². The van der Waals surface area contributed by atoms with Crippen LogP contribution in [0.15, 0.2) is 32.8 Å². The predicted octanol–water partition coefficient (Wildman–Crippen LogP) is 1.55. The van der Waals surface area contributed by atoms with E-state index in [2.05, 4.69) is 43.2 Å². The number of H-pyrrole nitrogens is 1. The number of nitrogens with zero attached hydrogens (tertiary/aromatic N) is 3. The third-order valence-corrected chi connectivity index (χ3v) is 5.17. The van der Waals surface area contributed by atoms with E-state index in [1.165, 1.54) is 17.0 Å². The van der Waals surface area contributed by atoms with Crippen LogP contribution in [0.3, 0.4) is 0 Å². The van der Waals surface area contributed by atoms with Crippen LogP contribution in [0.4, 0.5) is 0 Å². The van der Waals surface area contributed by atoms with E-state index in [1.807, 2.05) is 0 Å². The molecule has 1 N–H and O–H groups in total. The molecule has 0 spiro atoms. The van der Waals surface area contributed by atoms with Gasteiger partial charge in [-0.1, -0.05) is 0 Å². The molecule has 116 valence electrons. The molecule has 2 aromatic rings.